The van der Waals surface area contributed by atoms with E-state index in [1.807, 2.05) is 0 Å². The van der Waals surface area contributed by atoms with Crippen molar-refractivity contribution in [3.05, 3.63) is 34.3 Å². The summed E-state index contributed by atoms with van der Waals surface area (Å²) in [5.74, 6) is 0.773. The number of nitrogens with one attached hydrogen (secondary N) is 2. The minimum atomic E-state index is -0.0735. The molecule has 0 radical (unpaired) electrons. The maximum atomic E-state index is 11.5. The molecule has 0 saturated heterocycles. The Kier molecular flexibility index (Phi) is 7.52. The molecule has 5 heteroatoms. The van der Waals surface area contributed by atoms with Gasteiger partial charge in [-0.3, -0.25) is 4.79 Å². The molecule has 0 atom stereocenters. The van der Waals surface area contributed by atoms with E-state index in [0.29, 0.717) is 5.16 Å². The van der Waals surface area contributed by atoms with Gasteiger partial charge in [0.1, 0.15) is 0 Å². The van der Waals surface area contributed by atoms with Crippen LogP contribution in [0.15, 0.2) is 28.2 Å². The van der Waals surface area contributed by atoms with Crippen LogP contribution in [0.3, 0.4) is 0 Å². The van der Waals surface area contributed by atoms with Crippen LogP contribution in [0.25, 0.3) is 0 Å². The molecule has 1 rings (SSSR count). The minimum absolute atomic E-state index is 0.0735. The Hall–Kier alpha value is -1.07. The van der Waals surface area contributed by atoms with Gasteiger partial charge in [0.25, 0.3) is 5.56 Å². The van der Waals surface area contributed by atoms with Crippen LogP contribution < -0.4 is 10.9 Å². The monoisotopic (exact) mass is 281 g/mol. The van der Waals surface area contributed by atoms with Crippen molar-refractivity contribution in [1.29, 1.82) is 0 Å². The lowest BCUT2D eigenvalue weighted by Gasteiger charge is -2.07. The smallest absolute Gasteiger partial charge is 0.251 e. The third-order valence-electron chi connectivity index (χ3n) is 2.49. The summed E-state index contributed by atoms with van der Waals surface area (Å²) >= 11 is 1.53. The number of hydrogen-bond donors (Lipinski definition) is 2. The molecule has 0 fully saturated rings. The van der Waals surface area contributed by atoms with Gasteiger partial charge in [-0.1, -0.05) is 44.2 Å². The number of nitrogens with zero attached hydrogens (tertiary/aromatic N) is 1. The van der Waals surface area contributed by atoms with Crippen molar-refractivity contribution >= 4 is 11.8 Å². The number of H-pyrrole nitrogens is 1. The summed E-state index contributed by atoms with van der Waals surface area (Å²) in [7, 11) is 0. The molecular formula is C14H23N3OS. The molecule has 0 spiro atoms. The van der Waals surface area contributed by atoms with Crippen molar-refractivity contribution < 1.29 is 0 Å². The van der Waals surface area contributed by atoms with E-state index in [4.69, 9.17) is 0 Å². The SMILES string of the molecule is C=C(CNCCC)CSc1nc(CCC)cc(=O)[nH]1. The van der Waals surface area contributed by atoms with Crippen LogP contribution in [0.2, 0.25) is 0 Å². The fourth-order valence-electron chi connectivity index (χ4n) is 1.60. The van der Waals surface area contributed by atoms with Gasteiger partial charge in [0, 0.05) is 24.1 Å². The molecule has 0 bridgehead atoms. The Balaban J connectivity index is 2.48. The Morgan fingerprint density at radius 1 is 1.47 bits per heavy atom. The molecule has 2 N–H and O–H groups in total. The fraction of sp³-hybridized carbons (Fsp3) is 0.571. The van der Waals surface area contributed by atoms with Crippen LogP contribution in [-0.2, 0) is 6.42 Å². The molecule has 0 saturated carbocycles. The Bertz CT molecular complexity index is 456. The predicted molar refractivity (Wildman–Crippen MR) is 81.9 cm³/mol. The van der Waals surface area contributed by atoms with Crippen LogP contribution in [0, 0.1) is 0 Å². The first-order valence-corrected chi connectivity index (χ1v) is 7.74. The lowest BCUT2D eigenvalue weighted by molar-refractivity contribution is 0.715. The molecule has 19 heavy (non-hydrogen) atoms. The van der Waals surface area contributed by atoms with Gasteiger partial charge in [-0.2, -0.15) is 0 Å². The molecule has 0 amide bonds. The summed E-state index contributed by atoms with van der Waals surface area (Å²) < 4.78 is 0. The third-order valence-corrected chi connectivity index (χ3v) is 3.51. The summed E-state index contributed by atoms with van der Waals surface area (Å²) in [4.78, 5) is 18.7. The van der Waals surface area contributed by atoms with Gasteiger partial charge in [0.05, 0.1) is 0 Å². The second-order valence-corrected chi connectivity index (χ2v) is 5.47. The number of hydrogen-bond acceptors (Lipinski definition) is 4. The second kappa shape index (κ2) is 8.93. The fourth-order valence-corrected chi connectivity index (χ4v) is 2.40. The highest BCUT2D eigenvalue weighted by molar-refractivity contribution is 7.99. The Labute approximate surface area is 119 Å². The van der Waals surface area contributed by atoms with Crippen LogP contribution in [0.4, 0.5) is 0 Å². The van der Waals surface area contributed by atoms with E-state index >= 15 is 0 Å². The lowest BCUT2D eigenvalue weighted by atomic mass is 10.2. The number of aromatic amines is 1. The van der Waals surface area contributed by atoms with Crippen LogP contribution in [0.5, 0.6) is 0 Å². The molecule has 0 unspecified atom stereocenters. The first kappa shape index (κ1) is 16.0. The Morgan fingerprint density at radius 2 is 2.26 bits per heavy atom. The summed E-state index contributed by atoms with van der Waals surface area (Å²) in [6.07, 6.45) is 2.96. The van der Waals surface area contributed by atoms with Gasteiger partial charge < -0.3 is 10.3 Å². The number of aromatic nitrogens is 2. The topological polar surface area (TPSA) is 57.8 Å². The van der Waals surface area contributed by atoms with E-state index in [1.54, 1.807) is 6.07 Å². The molecule has 1 heterocycles. The average Bonchev–Trinajstić information content (AvgIpc) is 2.36. The summed E-state index contributed by atoms with van der Waals surface area (Å²) in [6.45, 7) is 10.1. The minimum Gasteiger partial charge on any atom is -0.313 e. The van der Waals surface area contributed by atoms with Crippen molar-refractivity contribution in [2.24, 2.45) is 0 Å². The summed E-state index contributed by atoms with van der Waals surface area (Å²) in [6, 6.07) is 1.57. The first-order valence-electron chi connectivity index (χ1n) is 6.76. The predicted octanol–water partition coefficient (Wildman–Crippen LogP) is 2.37. The van der Waals surface area contributed by atoms with E-state index in [0.717, 1.165) is 49.4 Å². The Morgan fingerprint density at radius 3 is 2.95 bits per heavy atom. The molecule has 0 aliphatic heterocycles. The van der Waals surface area contributed by atoms with Crippen molar-refractivity contribution in [3.63, 3.8) is 0 Å². The zero-order valence-corrected chi connectivity index (χ0v) is 12.6. The van der Waals surface area contributed by atoms with Crippen LogP contribution in [-0.4, -0.2) is 28.8 Å². The zero-order chi connectivity index (χ0) is 14.1. The molecule has 0 aromatic carbocycles. The standard InChI is InChI=1S/C14H23N3OS/c1-4-6-12-8-13(18)17-14(16-12)19-10-11(3)9-15-7-5-2/h8,15H,3-7,9-10H2,1-2H3,(H,16,17,18). The normalized spacial score (nSPS) is 10.6. The van der Waals surface area contributed by atoms with Gasteiger partial charge in [0.15, 0.2) is 5.16 Å². The lowest BCUT2D eigenvalue weighted by Crippen LogP contribution is -2.18. The van der Waals surface area contributed by atoms with Crippen molar-refractivity contribution in [1.82, 2.24) is 15.3 Å². The van der Waals surface area contributed by atoms with Gasteiger partial charge >= 0.3 is 0 Å². The van der Waals surface area contributed by atoms with Crippen molar-refractivity contribution in [2.75, 3.05) is 18.8 Å². The van der Waals surface area contributed by atoms with E-state index in [2.05, 4.69) is 35.7 Å². The quantitative estimate of drug-likeness (QED) is 0.316. The highest BCUT2D eigenvalue weighted by Gasteiger charge is 2.03. The van der Waals surface area contributed by atoms with Crippen LogP contribution in [0.1, 0.15) is 32.4 Å². The molecule has 4 nitrogen and oxygen atoms in total. The molecule has 106 valence electrons. The second-order valence-electron chi connectivity index (χ2n) is 4.51. The van der Waals surface area contributed by atoms with Gasteiger partial charge in [-0.25, -0.2) is 4.98 Å². The average molecular weight is 281 g/mol. The van der Waals surface area contributed by atoms with E-state index in [9.17, 15) is 4.79 Å². The van der Waals surface area contributed by atoms with E-state index < -0.39 is 0 Å². The first-order chi connectivity index (χ1) is 9.15. The van der Waals surface area contributed by atoms with Gasteiger partial charge in [0.2, 0.25) is 0 Å². The maximum Gasteiger partial charge on any atom is 0.251 e. The summed E-state index contributed by atoms with van der Waals surface area (Å²) in [5, 5.41) is 4.00. The largest absolute Gasteiger partial charge is 0.313 e. The highest BCUT2D eigenvalue weighted by Crippen LogP contribution is 2.14. The molecule has 1 aromatic rings. The molecule has 1 aromatic heterocycles. The van der Waals surface area contributed by atoms with Crippen molar-refractivity contribution in [3.8, 4) is 0 Å². The summed E-state index contributed by atoms with van der Waals surface area (Å²) in [5.41, 5.74) is 1.90. The molecule has 0 aliphatic carbocycles. The number of aryl methyl sites for hydroxylation is 1. The zero-order valence-electron chi connectivity index (χ0n) is 11.8. The molecular weight excluding hydrogens is 258 g/mol. The van der Waals surface area contributed by atoms with E-state index in [1.165, 1.54) is 11.8 Å². The maximum absolute atomic E-state index is 11.5. The third kappa shape index (κ3) is 6.59. The highest BCUT2D eigenvalue weighted by atomic mass is 32.2. The van der Waals surface area contributed by atoms with E-state index in [-0.39, 0.29) is 5.56 Å². The number of thioether (sulfide) groups is 1. The van der Waals surface area contributed by atoms with Gasteiger partial charge in [-0.15, -0.1) is 0 Å². The van der Waals surface area contributed by atoms with Crippen LogP contribution >= 0.6 is 11.8 Å². The van der Waals surface area contributed by atoms with Crippen molar-refractivity contribution in [2.45, 2.75) is 38.3 Å². The molecule has 0 aliphatic rings. The van der Waals surface area contributed by atoms with Gasteiger partial charge in [-0.05, 0) is 19.4 Å². The number of rotatable bonds is 9.